The maximum absolute atomic E-state index is 12.4. The number of hydrogen-bond donors (Lipinski definition) is 0. The first kappa shape index (κ1) is 20.9. The molecule has 0 spiro atoms. The minimum Gasteiger partial charge on any atom is -0.497 e. The highest BCUT2D eigenvalue weighted by atomic mass is 16.5. The Labute approximate surface area is 175 Å². The smallest absolute Gasteiger partial charge is 0.343 e. The Hall–Kier alpha value is -3.86. The number of ketones is 1. The van der Waals surface area contributed by atoms with Crippen LogP contribution in [0, 0.1) is 0 Å². The summed E-state index contributed by atoms with van der Waals surface area (Å²) in [5.41, 5.74) is 1.73. The van der Waals surface area contributed by atoms with Crippen LogP contribution in [0.25, 0.3) is 6.08 Å². The summed E-state index contributed by atoms with van der Waals surface area (Å²) >= 11 is 0. The molecule has 0 aromatic heterocycles. The second-order valence-corrected chi connectivity index (χ2v) is 6.35. The van der Waals surface area contributed by atoms with Gasteiger partial charge in [0.2, 0.25) is 0 Å². The molecule has 0 saturated heterocycles. The normalized spacial score (nSPS) is 10.6. The summed E-state index contributed by atoms with van der Waals surface area (Å²) in [6.07, 6.45) is 3.16. The summed E-state index contributed by atoms with van der Waals surface area (Å²) in [6.45, 7) is 2.46. The third kappa shape index (κ3) is 5.58. The number of ether oxygens (including phenoxy) is 3. The van der Waals surface area contributed by atoms with Crippen LogP contribution in [0.4, 0.5) is 0 Å². The van der Waals surface area contributed by atoms with E-state index < -0.39 is 5.97 Å². The van der Waals surface area contributed by atoms with Crippen molar-refractivity contribution in [3.05, 3.63) is 95.6 Å². The Kier molecular flexibility index (Phi) is 7.00. The predicted molar refractivity (Wildman–Crippen MR) is 115 cm³/mol. The minimum absolute atomic E-state index is 0.130. The average molecular weight is 402 g/mol. The Bertz CT molecular complexity index is 1030. The van der Waals surface area contributed by atoms with Crippen molar-refractivity contribution in [3.8, 4) is 17.2 Å². The molecule has 0 bridgehead atoms. The number of benzene rings is 3. The molecule has 3 rings (SSSR count). The van der Waals surface area contributed by atoms with E-state index in [0.717, 1.165) is 5.56 Å². The Morgan fingerprint density at radius 3 is 2.17 bits per heavy atom. The molecular formula is C25H22O5. The highest BCUT2D eigenvalue weighted by Gasteiger charge is 2.09. The zero-order chi connectivity index (χ0) is 21.3. The van der Waals surface area contributed by atoms with Crippen LogP contribution >= 0.6 is 0 Å². The van der Waals surface area contributed by atoms with Crippen LogP contribution in [0.15, 0.2) is 78.9 Å². The lowest BCUT2D eigenvalue weighted by atomic mass is 10.1. The zero-order valence-corrected chi connectivity index (χ0v) is 16.8. The van der Waals surface area contributed by atoms with Gasteiger partial charge in [0.25, 0.3) is 0 Å². The summed E-state index contributed by atoms with van der Waals surface area (Å²) in [5.74, 6) is 1.19. The van der Waals surface area contributed by atoms with E-state index in [2.05, 4.69) is 0 Å². The maximum Gasteiger partial charge on any atom is 0.343 e. The SMILES string of the molecule is CCOc1ccc(C(=O)Oc2cccc(/C=C/C(=O)c3ccc(OC)cc3)c2)cc1. The van der Waals surface area contributed by atoms with Crippen LogP contribution in [-0.4, -0.2) is 25.5 Å². The van der Waals surface area contributed by atoms with E-state index in [1.807, 2.05) is 13.0 Å². The molecule has 0 heterocycles. The topological polar surface area (TPSA) is 61.8 Å². The highest BCUT2D eigenvalue weighted by molar-refractivity contribution is 6.06. The number of allylic oxidation sites excluding steroid dienone is 1. The van der Waals surface area contributed by atoms with Crippen LogP contribution in [0.1, 0.15) is 33.2 Å². The van der Waals surface area contributed by atoms with Crippen LogP contribution in [-0.2, 0) is 0 Å². The van der Waals surface area contributed by atoms with Gasteiger partial charge in [-0.25, -0.2) is 4.79 Å². The molecule has 30 heavy (non-hydrogen) atoms. The third-order valence-electron chi connectivity index (χ3n) is 4.27. The lowest BCUT2D eigenvalue weighted by molar-refractivity contribution is 0.0734. The summed E-state index contributed by atoms with van der Waals surface area (Å²) < 4.78 is 15.9. The molecule has 5 heteroatoms. The number of methoxy groups -OCH3 is 1. The van der Waals surface area contributed by atoms with Gasteiger partial charge in [-0.1, -0.05) is 18.2 Å². The number of rotatable bonds is 8. The highest BCUT2D eigenvalue weighted by Crippen LogP contribution is 2.19. The second-order valence-electron chi connectivity index (χ2n) is 6.35. The van der Waals surface area contributed by atoms with Gasteiger partial charge < -0.3 is 14.2 Å². The van der Waals surface area contributed by atoms with Crippen molar-refractivity contribution in [2.45, 2.75) is 6.92 Å². The van der Waals surface area contributed by atoms with Crippen LogP contribution in [0.5, 0.6) is 17.2 Å². The van der Waals surface area contributed by atoms with Crippen LogP contribution in [0.2, 0.25) is 0 Å². The molecule has 152 valence electrons. The third-order valence-corrected chi connectivity index (χ3v) is 4.27. The van der Waals surface area contributed by atoms with Gasteiger partial charge in [0.05, 0.1) is 19.3 Å². The predicted octanol–water partition coefficient (Wildman–Crippen LogP) is 5.21. The fourth-order valence-electron chi connectivity index (χ4n) is 2.73. The fourth-order valence-corrected chi connectivity index (χ4v) is 2.73. The van der Waals surface area contributed by atoms with Crippen molar-refractivity contribution < 1.29 is 23.8 Å². The van der Waals surface area contributed by atoms with E-state index in [9.17, 15) is 9.59 Å². The van der Waals surface area contributed by atoms with Crippen molar-refractivity contribution in [1.29, 1.82) is 0 Å². The molecule has 0 N–H and O–H groups in total. The zero-order valence-electron chi connectivity index (χ0n) is 16.8. The molecule has 0 aliphatic rings. The largest absolute Gasteiger partial charge is 0.497 e. The van der Waals surface area contributed by atoms with Crippen molar-refractivity contribution in [2.75, 3.05) is 13.7 Å². The first-order valence-electron chi connectivity index (χ1n) is 9.50. The molecule has 3 aromatic carbocycles. The summed E-state index contributed by atoms with van der Waals surface area (Å²) in [4.78, 5) is 24.7. The molecule has 0 atom stereocenters. The van der Waals surface area contributed by atoms with E-state index in [1.165, 1.54) is 6.08 Å². The number of carbonyl (C=O) groups excluding carboxylic acids is 2. The molecule has 0 amide bonds. The lowest BCUT2D eigenvalue weighted by Gasteiger charge is -2.06. The van der Waals surface area contributed by atoms with Gasteiger partial charge in [0.1, 0.15) is 17.2 Å². The van der Waals surface area contributed by atoms with Gasteiger partial charge in [-0.05, 0) is 79.2 Å². The van der Waals surface area contributed by atoms with Gasteiger partial charge in [-0.2, -0.15) is 0 Å². The van der Waals surface area contributed by atoms with Gasteiger partial charge in [-0.15, -0.1) is 0 Å². The molecule has 0 aliphatic carbocycles. The monoisotopic (exact) mass is 402 g/mol. The van der Waals surface area contributed by atoms with Crippen molar-refractivity contribution in [1.82, 2.24) is 0 Å². The molecule has 0 radical (unpaired) electrons. The van der Waals surface area contributed by atoms with Gasteiger partial charge in [0, 0.05) is 5.56 Å². The summed E-state index contributed by atoms with van der Waals surface area (Å²) in [7, 11) is 1.58. The maximum atomic E-state index is 12.4. The summed E-state index contributed by atoms with van der Waals surface area (Å²) in [5, 5.41) is 0. The summed E-state index contributed by atoms with van der Waals surface area (Å²) in [6, 6.07) is 20.6. The molecule has 0 saturated carbocycles. The number of hydrogen-bond acceptors (Lipinski definition) is 5. The first-order valence-corrected chi connectivity index (χ1v) is 9.50. The Morgan fingerprint density at radius 1 is 0.833 bits per heavy atom. The fraction of sp³-hybridized carbons (Fsp3) is 0.120. The Morgan fingerprint density at radius 2 is 1.50 bits per heavy atom. The van der Waals surface area contributed by atoms with Crippen LogP contribution in [0.3, 0.4) is 0 Å². The second kappa shape index (κ2) is 10.1. The minimum atomic E-state index is -0.464. The van der Waals surface area contributed by atoms with E-state index >= 15 is 0 Å². The number of carbonyl (C=O) groups is 2. The molecule has 3 aromatic rings. The molecule has 0 aliphatic heterocycles. The standard InChI is InChI=1S/C25H22O5/c1-3-29-22-14-10-20(11-15-22)25(27)30-23-6-4-5-18(17-23)7-16-24(26)19-8-12-21(28-2)13-9-19/h4-17H,3H2,1-2H3/b16-7+. The van der Waals surface area contributed by atoms with E-state index in [-0.39, 0.29) is 5.78 Å². The molecule has 0 unspecified atom stereocenters. The van der Waals surface area contributed by atoms with Gasteiger partial charge in [0.15, 0.2) is 5.78 Å². The lowest BCUT2D eigenvalue weighted by Crippen LogP contribution is -2.08. The average Bonchev–Trinajstić information content (AvgIpc) is 2.78. The van der Waals surface area contributed by atoms with E-state index in [4.69, 9.17) is 14.2 Å². The number of esters is 1. The molecule has 0 fully saturated rings. The van der Waals surface area contributed by atoms with Crippen molar-refractivity contribution >= 4 is 17.8 Å². The van der Waals surface area contributed by atoms with Gasteiger partial charge >= 0.3 is 5.97 Å². The molecule has 5 nitrogen and oxygen atoms in total. The van der Waals surface area contributed by atoms with Crippen molar-refractivity contribution in [2.24, 2.45) is 0 Å². The Balaban J connectivity index is 1.65. The molecular weight excluding hydrogens is 380 g/mol. The van der Waals surface area contributed by atoms with Crippen LogP contribution < -0.4 is 14.2 Å². The quantitative estimate of drug-likeness (QED) is 0.224. The van der Waals surface area contributed by atoms with E-state index in [1.54, 1.807) is 79.9 Å². The van der Waals surface area contributed by atoms with Gasteiger partial charge in [-0.3, -0.25) is 4.79 Å². The van der Waals surface area contributed by atoms with Crippen molar-refractivity contribution in [3.63, 3.8) is 0 Å². The first-order chi connectivity index (χ1) is 14.6. The van der Waals surface area contributed by atoms with E-state index in [0.29, 0.717) is 35.0 Å².